The standard InChI is InChI=1S/C11H12N4O3/c16-11(17)8-1-2-9(13-5-8)6-12-4-3-10-14-7-15-18-10/h1-2,5,7,12H,3-4,6H2,(H,16,17). The topological polar surface area (TPSA) is 101 Å². The Hall–Kier alpha value is -2.28. The molecule has 2 aromatic heterocycles. The lowest BCUT2D eigenvalue weighted by Gasteiger charge is -2.02. The first-order chi connectivity index (χ1) is 8.75. The second-order valence-corrected chi connectivity index (χ2v) is 3.61. The molecule has 0 amide bonds. The van der Waals surface area contributed by atoms with E-state index in [1.54, 1.807) is 6.07 Å². The summed E-state index contributed by atoms with van der Waals surface area (Å²) in [4.78, 5) is 18.6. The molecule has 2 rings (SSSR count). The maximum Gasteiger partial charge on any atom is 0.337 e. The summed E-state index contributed by atoms with van der Waals surface area (Å²) in [5, 5.41) is 15.4. The summed E-state index contributed by atoms with van der Waals surface area (Å²) in [7, 11) is 0. The molecule has 7 nitrogen and oxygen atoms in total. The van der Waals surface area contributed by atoms with Gasteiger partial charge in [0.15, 0.2) is 6.33 Å². The molecule has 0 unspecified atom stereocenters. The van der Waals surface area contributed by atoms with Gasteiger partial charge in [0.1, 0.15) is 0 Å². The predicted molar refractivity (Wildman–Crippen MR) is 60.9 cm³/mol. The van der Waals surface area contributed by atoms with Crippen LogP contribution in [0.3, 0.4) is 0 Å². The number of aromatic nitrogens is 3. The fraction of sp³-hybridized carbons (Fsp3) is 0.273. The molecule has 0 aromatic carbocycles. The third-order valence-corrected chi connectivity index (χ3v) is 2.30. The van der Waals surface area contributed by atoms with Crippen LogP contribution in [0.5, 0.6) is 0 Å². The fourth-order valence-corrected chi connectivity index (χ4v) is 1.37. The molecule has 94 valence electrons. The monoisotopic (exact) mass is 248 g/mol. The molecule has 0 aliphatic carbocycles. The van der Waals surface area contributed by atoms with Gasteiger partial charge in [0, 0.05) is 25.7 Å². The molecule has 0 spiro atoms. The maximum absolute atomic E-state index is 10.6. The number of hydrogen-bond acceptors (Lipinski definition) is 6. The van der Waals surface area contributed by atoms with Gasteiger partial charge in [-0.25, -0.2) is 4.79 Å². The Morgan fingerprint density at radius 2 is 2.28 bits per heavy atom. The van der Waals surface area contributed by atoms with E-state index in [0.29, 0.717) is 25.4 Å². The van der Waals surface area contributed by atoms with Gasteiger partial charge in [-0.1, -0.05) is 5.16 Å². The second-order valence-electron chi connectivity index (χ2n) is 3.61. The van der Waals surface area contributed by atoms with E-state index < -0.39 is 5.97 Å². The van der Waals surface area contributed by atoms with E-state index in [-0.39, 0.29) is 5.56 Å². The summed E-state index contributed by atoms with van der Waals surface area (Å²) in [5.41, 5.74) is 0.968. The van der Waals surface area contributed by atoms with Crippen LogP contribution in [0, 0.1) is 0 Å². The Morgan fingerprint density at radius 3 is 2.89 bits per heavy atom. The summed E-state index contributed by atoms with van der Waals surface area (Å²) >= 11 is 0. The summed E-state index contributed by atoms with van der Waals surface area (Å²) in [6.07, 6.45) is 3.35. The summed E-state index contributed by atoms with van der Waals surface area (Å²) in [6.45, 7) is 1.25. The van der Waals surface area contributed by atoms with Crippen LogP contribution in [0.15, 0.2) is 29.2 Å². The first-order valence-electron chi connectivity index (χ1n) is 5.40. The Bertz CT molecular complexity index is 496. The van der Waals surface area contributed by atoms with E-state index >= 15 is 0 Å². The third-order valence-electron chi connectivity index (χ3n) is 2.30. The zero-order chi connectivity index (χ0) is 12.8. The van der Waals surface area contributed by atoms with E-state index in [9.17, 15) is 4.79 Å². The van der Waals surface area contributed by atoms with E-state index in [1.165, 1.54) is 18.6 Å². The van der Waals surface area contributed by atoms with Crippen molar-refractivity contribution in [1.29, 1.82) is 0 Å². The first kappa shape index (κ1) is 12.2. The van der Waals surface area contributed by atoms with Gasteiger partial charge in [0.05, 0.1) is 11.3 Å². The van der Waals surface area contributed by atoms with Gasteiger partial charge >= 0.3 is 5.97 Å². The second kappa shape index (κ2) is 5.87. The molecule has 0 saturated heterocycles. The number of carboxylic acid groups (broad SMARTS) is 1. The normalized spacial score (nSPS) is 10.4. The zero-order valence-corrected chi connectivity index (χ0v) is 9.54. The summed E-state index contributed by atoms with van der Waals surface area (Å²) in [6, 6.07) is 3.22. The molecule has 2 heterocycles. The van der Waals surface area contributed by atoms with E-state index in [1.807, 2.05) is 0 Å². The highest BCUT2D eigenvalue weighted by molar-refractivity contribution is 5.87. The van der Waals surface area contributed by atoms with Crippen LogP contribution in [0.25, 0.3) is 0 Å². The highest BCUT2D eigenvalue weighted by Crippen LogP contribution is 2.00. The van der Waals surface area contributed by atoms with Crippen molar-refractivity contribution >= 4 is 5.97 Å². The number of hydrogen-bond donors (Lipinski definition) is 2. The first-order valence-corrected chi connectivity index (χ1v) is 5.40. The third kappa shape index (κ3) is 3.36. The van der Waals surface area contributed by atoms with Gasteiger partial charge in [-0.15, -0.1) is 0 Å². The smallest absolute Gasteiger partial charge is 0.337 e. The Labute approximate surface area is 103 Å². The number of carboxylic acids is 1. The number of carbonyl (C=O) groups is 1. The van der Waals surface area contributed by atoms with Gasteiger partial charge in [-0.05, 0) is 12.1 Å². The molecule has 0 bridgehead atoms. The zero-order valence-electron chi connectivity index (χ0n) is 9.54. The van der Waals surface area contributed by atoms with Gasteiger partial charge in [0.25, 0.3) is 0 Å². The van der Waals surface area contributed by atoms with Crippen molar-refractivity contribution in [2.24, 2.45) is 0 Å². The van der Waals surface area contributed by atoms with E-state index in [4.69, 9.17) is 9.63 Å². The maximum atomic E-state index is 10.6. The minimum absolute atomic E-state index is 0.185. The highest BCUT2D eigenvalue weighted by Gasteiger charge is 2.03. The Balaban J connectivity index is 1.75. The molecule has 0 fully saturated rings. The average molecular weight is 248 g/mol. The largest absolute Gasteiger partial charge is 0.478 e. The van der Waals surface area contributed by atoms with Crippen LogP contribution in [0.4, 0.5) is 0 Å². The molecule has 0 aliphatic heterocycles. The van der Waals surface area contributed by atoms with Crippen LogP contribution in [0.1, 0.15) is 21.9 Å². The van der Waals surface area contributed by atoms with Crippen LogP contribution >= 0.6 is 0 Å². The predicted octanol–water partition coefficient (Wildman–Crippen LogP) is 0.495. The number of aromatic carboxylic acids is 1. The molecule has 0 aliphatic rings. The average Bonchev–Trinajstić information content (AvgIpc) is 2.88. The Morgan fingerprint density at radius 1 is 1.39 bits per heavy atom. The van der Waals surface area contributed by atoms with Crippen molar-refractivity contribution in [2.75, 3.05) is 6.54 Å². The van der Waals surface area contributed by atoms with Crippen LogP contribution in [-0.4, -0.2) is 32.7 Å². The lowest BCUT2D eigenvalue weighted by Crippen LogP contribution is -2.17. The van der Waals surface area contributed by atoms with E-state index in [2.05, 4.69) is 20.4 Å². The molecular weight excluding hydrogens is 236 g/mol. The van der Waals surface area contributed by atoms with Gasteiger partial charge in [-0.3, -0.25) is 4.98 Å². The summed E-state index contributed by atoms with van der Waals surface area (Å²) in [5.74, 6) is -0.393. The van der Waals surface area contributed by atoms with Gasteiger partial charge in [0.2, 0.25) is 5.89 Å². The van der Waals surface area contributed by atoms with Crippen molar-refractivity contribution in [3.8, 4) is 0 Å². The van der Waals surface area contributed by atoms with Crippen molar-refractivity contribution < 1.29 is 14.4 Å². The molecule has 0 radical (unpaired) electrons. The van der Waals surface area contributed by atoms with Crippen LogP contribution in [0.2, 0.25) is 0 Å². The number of nitrogens with one attached hydrogen (secondary N) is 1. The van der Waals surface area contributed by atoms with Crippen LogP contribution < -0.4 is 5.32 Å². The highest BCUT2D eigenvalue weighted by atomic mass is 16.5. The Kier molecular flexibility index (Phi) is 3.98. The fourth-order valence-electron chi connectivity index (χ4n) is 1.37. The molecular formula is C11H12N4O3. The van der Waals surface area contributed by atoms with Crippen molar-refractivity contribution in [2.45, 2.75) is 13.0 Å². The lowest BCUT2D eigenvalue weighted by atomic mass is 10.2. The van der Waals surface area contributed by atoms with Crippen LogP contribution in [-0.2, 0) is 13.0 Å². The number of pyridine rings is 1. The van der Waals surface area contributed by atoms with Crippen molar-refractivity contribution in [1.82, 2.24) is 20.4 Å². The molecule has 0 saturated carbocycles. The quantitative estimate of drug-likeness (QED) is 0.717. The minimum atomic E-state index is -0.974. The summed E-state index contributed by atoms with van der Waals surface area (Å²) < 4.78 is 4.85. The molecule has 2 aromatic rings. The van der Waals surface area contributed by atoms with Gasteiger partial charge in [-0.2, -0.15) is 4.98 Å². The van der Waals surface area contributed by atoms with Crippen molar-refractivity contribution in [3.05, 3.63) is 41.8 Å². The number of nitrogens with zero attached hydrogens (tertiary/aromatic N) is 3. The molecule has 7 heteroatoms. The molecule has 0 atom stereocenters. The van der Waals surface area contributed by atoms with Gasteiger partial charge < -0.3 is 14.9 Å². The molecule has 2 N–H and O–H groups in total. The minimum Gasteiger partial charge on any atom is -0.478 e. The number of rotatable bonds is 6. The van der Waals surface area contributed by atoms with E-state index in [0.717, 1.165) is 5.69 Å². The lowest BCUT2D eigenvalue weighted by molar-refractivity contribution is 0.0696. The SMILES string of the molecule is O=C(O)c1ccc(CNCCc2ncno2)nc1. The van der Waals surface area contributed by atoms with Crippen molar-refractivity contribution in [3.63, 3.8) is 0 Å². The molecule has 18 heavy (non-hydrogen) atoms.